The van der Waals surface area contributed by atoms with E-state index in [1.54, 1.807) is 4.90 Å². The molecule has 2 aromatic rings. The number of nitrogens with zero attached hydrogens (tertiary/aromatic N) is 2. The lowest BCUT2D eigenvalue weighted by atomic mass is 9.95. The van der Waals surface area contributed by atoms with Gasteiger partial charge in [0.15, 0.2) is 0 Å². The van der Waals surface area contributed by atoms with Gasteiger partial charge < -0.3 is 10.2 Å². The Morgan fingerprint density at radius 2 is 1.88 bits per heavy atom. The lowest BCUT2D eigenvalue weighted by molar-refractivity contribution is -0.126. The van der Waals surface area contributed by atoms with Crippen LogP contribution in [0.1, 0.15) is 54.6 Å². The average Bonchev–Trinajstić information content (AvgIpc) is 3.13. The van der Waals surface area contributed by atoms with Crippen molar-refractivity contribution in [2.75, 3.05) is 19.6 Å². The van der Waals surface area contributed by atoms with E-state index >= 15 is 0 Å². The summed E-state index contributed by atoms with van der Waals surface area (Å²) < 4.78 is 0. The molecule has 1 N–H and O–H groups in total. The van der Waals surface area contributed by atoms with Gasteiger partial charge in [-0.3, -0.25) is 14.5 Å². The number of piperidine rings is 1. The maximum atomic E-state index is 13.2. The third-order valence-corrected chi connectivity index (χ3v) is 7.03. The first-order chi connectivity index (χ1) is 15.9. The van der Waals surface area contributed by atoms with Gasteiger partial charge in [0.1, 0.15) is 6.04 Å². The van der Waals surface area contributed by atoms with Crippen molar-refractivity contribution < 1.29 is 9.59 Å². The zero-order chi connectivity index (χ0) is 23.4. The number of carbonyl (C=O) groups excluding carboxylic acids is 2. The molecule has 1 fully saturated rings. The first kappa shape index (κ1) is 23.8. The minimum atomic E-state index is -0.423. The molecule has 4 rings (SSSR count). The molecule has 0 unspecified atom stereocenters. The second-order valence-corrected chi connectivity index (χ2v) is 10.3. The molecule has 1 saturated heterocycles. The van der Waals surface area contributed by atoms with E-state index in [0.29, 0.717) is 31.3 Å². The Hall–Kier alpha value is -2.37. The van der Waals surface area contributed by atoms with Crippen LogP contribution in [0.5, 0.6) is 0 Å². The van der Waals surface area contributed by atoms with Crippen LogP contribution in [0.2, 0.25) is 5.02 Å². The Balaban J connectivity index is 1.29. The maximum absolute atomic E-state index is 13.2. The summed E-state index contributed by atoms with van der Waals surface area (Å²) in [6, 6.07) is 15.3. The number of halogens is 1. The van der Waals surface area contributed by atoms with Crippen molar-refractivity contribution in [1.29, 1.82) is 0 Å². The van der Waals surface area contributed by atoms with Gasteiger partial charge >= 0.3 is 0 Å². The van der Waals surface area contributed by atoms with Crippen LogP contribution in [0, 0.1) is 11.8 Å². The first-order valence-corrected chi connectivity index (χ1v) is 12.4. The molecular weight excluding hydrogens is 434 g/mol. The molecule has 5 nitrogen and oxygen atoms in total. The van der Waals surface area contributed by atoms with Crippen LogP contribution in [0.15, 0.2) is 48.5 Å². The van der Waals surface area contributed by atoms with Gasteiger partial charge in [-0.15, -0.1) is 0 Å². The van der Waals surface area contributed by atoms with Gasteiger partial charge in [-0.25, -0.2) is 0 Å². The van der Waals surface area contributed by atoms with E-state index in [1.807, 2.05) is 42.5 Å². The zero-order valence-corrected chi connectivity index (χ0v) is 20.4. The number of benzene rings is 2. The topological polar surface area (TPSA) is 52.7 Å². The number of amides is 2. The van der Waals surface area contributed by atoms with E-state index in [-0.39, 0.29) is 11.8 Å². The fourth-order valence-electron chi connectivity index (χ4n) is 4.96. The predicted molar refractivity (Wildman–Crippen MR) is 132 cm³/mol. The Labute approximate surface area is 202 Å². The molecule has 33 heavy (non-hydrogen) atoms. The smallest absolute Gasteiger partial charge is 0.255 e. The van der Waals surface area contributed by atoms with Gasteiger partial charge in [0.05, 0.1) is 0 Å². The summed E-state index contributed by atoms with van der Waals surface area (Å²) in [6.45, 7) is 8.33. The van der Waals surface area contributed by atoms with Crippen LogP contribution in [0.25, 0.3) is 0 Å². The molecule has 6 heteroatoms. The van der Waals surface area contributed by atoms with Crippen molar-refractivity contribution in [3.63, 3.8) is 0 Å². The van der Waals surface area contributed by atoms with Gasteiger partial charge in [0, 0.05) is 30.2 Å². The molecule has 176 valence electrons. The van der Waals surface area contributed by atoms with E-state index in [0.717, 1.165) is 48.6 Å². The minimum Gasteiger partial charge on any atom is -0.354 e. The molecule has 2 amide bonds. The average molecular weight is 468 g/mol. The minimum absolute atomic E-state index is 0.0220. The lowest BCUT2D eigenvalue weighted by Gasteiger charge is -2.33. The Bertz CT molecular complexity index is 985. The monoisotopic (exact) mass is 467 g/mol. The van der Waals surface area contributed by atoms with Crippen LogP contribution in [-0.4, -0.2) is 47.3 Å². The van der Waals surface area contributed by atoms with Gasteiger partial charge in [-0.2, -0.15) is 0 Å². The third-order valence-electron chi connectivity index (χ3n) is 6.79. The van der Waals surface area contributed by atoms with E-state index in [9.17, 15) is 9.59 Å². The van der Waals surface area contributed by atoms with Crippen LogP contribution in [-0.2, 0) is 17.9 Å². The largest absolute Gasteiger partial charge is 0.354 e. The number of nitrogens with one attached hydrogen (secondary N) is 1. The number of hydrogen-bond acceptors (Lipinski definition) is 3. The van der Waals surface area contributed by atoms with Crippen LogP contribution < -0.4 is 5.32 Å². The second-order valence-electron chi connectivity index (χ2n) is 9.83. The standard InChI is InChI=1S/C27H34ClN3O2/c1-19(2)14-25(31-18-22-7-3-4-9-24(22)27(31)33)26(32)29-16-20-10-12-30(13-11-20)17-21-6-5-8-23(28)15-21/h3-9,15,19-20,25H,10-14,16-18H2,1-2H3,(H,29,32)/t25-/m1/s1. The van der Waals surface area contributed by atoms with Crippen LogP contribution in [0.4, 0.5) is 0 Å². The summed E-state index contributed by atoms with van der Waals surface area (Å²) in [5, 5.41) is 3.96. The molecule has 0 aliphatic carbocycles. The molecular formula is C27H34ClN3O2. The summed E-state index contributed by atoms with van der Waals surface area (Å²) in [7, 11) is 0. The summed E-state index contributed by atoms with van der Waals surface area (Å²) in [5.74, 6) is 0.745. The highest BCUT2D eigenvalue weighted by molar-refractivity contribution is 6.30. The van der Waals surface area contributed by atoms with Crippen molar-refractivity contribution in [3.05, 3.63) is 70.2 Å². The molecule has 0 spiro atoms. The number of hydrogen-bond donors (Lipinski definition) is 1. The highest BCUT2D eigenvalue weighted by Crippen LogP contribution is 2.27. The second kappa shape index (κ2) is 10.7. The van der Waals surface area contributed by atoms with Gasteiger partial charge in [-0.1, -0.05) is 55.8 Å². The van der Waals surface area contributed by atoms with Gasteiger partial charge in [-0.05, 0) is 73.5 Å². The van der Waals surface area contributed by atoms with Gasteiger partial charge in [0.25, 0.3) is 5.91 Å². The normalized spacial score (nSPS) is 17.9. The van der Waals surface area contributed by atoms with E-state index < -0.39 is 6.04 Å². The first-order valence-electron chi connectivity index (χ1n) is 12.0. The van der Waals surface area contributed by atoms with Crippen molar-refractivity contribution in [1.82, 2.24) is 15.1 Å². The summed E-state index contributed by atoms with van der Waals surface area (Å²) in [4.78, 5) is 30.4. The van der Waals surface area contributed by atoms with Crippen LogP contribution in [0.3, 0.4) is 0 Å². The SMILES string of the molecule is CC(C)C[C@H](C(=O)NCC1CCN(Cc2cccc(Cl)c2)CC1)N1Cc2ccccc2C1=O. The molecule has 2 aliphatic heterocycles. The molecule has 0 saturated carbocycles. The Morgan fingerprint density at radius 3 is 2.58 bits per heavy atom. The van der Waals surface area contributed by atoms with Crippen molar-refractivity contribution in [3.8, 4) is 0 Å². The van der Waals surface area contributed by atoms with Crippen molar-refractivity contribution >= 4 is 23.4 Å². The summed E-state index contributed by atoms with van der Waals surface area (Å²) in [6.07, 6.45) is 2.79. The molecule has 2 heterocycles. The molecule has 2 aliphatic rings. The van der Waals surface area contributed by atoms with Crippen LogP contribution >= 0.6 is 11.6 Å². The van der Waals surface area contributed by atoms with Crippen molar-refractivity contribution in [2.45, 2.75) is 52.2 Å². The van der Waals surface area contributed by atoms with Crippen molar-refractivity contribution in [2.24, 2.45) is 11.8 Å². The summed E-state index contributed by atoms with van der Waals surface area (Å²) in [5.41, 5.74) is 2.98. The fourth-order valence-corrected chi connectivity index (χ4v) is 5.17. The van der Waals surface area contributed by atoms with Gasteiger partial charge in [0.2, 0.25) is 5.91 Å². The summed E-state index contributed by atoms with van der Waals surface area (Å²) >= 11 is 6.11. The molecule has 0 radical (unpaired) electrons. The molecule has 2 aromatic carbocycles. The zero-order valence-electron chi connectivity index (χ0n) is 19.6. The fraction of sp³-hybridized carbons (Fsp3) is 0.481. The Kier molecular flexibility index (Phi) is 7.71. The lowest BCUT2D eigenvalue weighted by Crippen LogP contribution is -2.49. The number of rotatable bonds is 8. The molecule has 0 bridgehead atoms. The molecule has 0 aromatic heterocycles. The highest BCUT2D eigenvalue weighted by atomic mass is 35.5. The van der Waals surface area contributed by atoms with E-state index in [2.05, 4.69) is 30.1 Å². The number of likely N-dealkylation sites (tertiary alicyclic amines) is 1. The maximum Gasteiger partial charge on any atom is 0.255 e. The predicted octanol–water partition coefficient (Wildman–Crippen LogP) is 4.74. The Morgan fingerprint density at radius 1 is 1.12 bits per heavy atom. The number of fused-ring (bicyclic) bond motifs is 1. The van der Waals surface area contributed by atoms with E-state index in [4.69, 9.17) is 11.6 Å². The van der Waals surface area contributed by atoms with E-state index in [1.165, 1.54) is 5.56 Å². The third kappa shape index (κ3) is 5.96. The number of carbonyl (C=O) groups is 2. The molecule has 1 atom stereocenters. The quantitative estimate of drug-likeness (QED) is 0.610. The highest BCUT2D eigenvalue weighted by Gasteiger charge is 2.36.